The lowest BCUT2D eigenvalue weighted by Crippen LogP contribution is -2.42. The summed E-state index contributed by atoms with van der Waals surface area (Å²) in [5, 5.41) is 0.663. The van der Waals surface area contributed by atoms with Gasteiger partial charge < -0.3 is 18.3 Å². The Labute approximate surface area is 150 Å². The Bertz CT molecular complexity index is 616. The Hall–Kier alpha value is -1.86. The molecule has 137 valence electrons. The Morgan fingerprint density at radius 1 is 1.20 bits per heavy atom. The third-order valence-corrected chi connectivity index (χ3v) is 5.59. The van der Waals surface area contributed by atoms with Gasteiger partial charge in [-0.15, -0.1) is 0 Å². The second kappa shape index (κ2) is 8.49. The van der Waals surface area contributed by atoms with Gasteiger partial charge in [-0.05, 0) is 18.6 Å². The van der Waals surface area contributed by atoms with Gasteiger partial charge in [-0.1, -0.05) is 25.8 Å². The van der Waals surface area contributed by atoms with Gasteiger partial charge in [-0.25, -0.2) is 0 Å². The van der Waals surface area contributed by atoms with Crippen LogP contribution in [-0.2, 0) is 29.8 Å². The molecule has 1 atom stereocenters. The Morgan fingerprint density at radius 2 is 1.88 bits per heavy atom. The highest BCUT2D eigenvalue weighted by Gasteiger charge is 2.34. The van der Waals surface area contributed by atoms with E-state index in [9.17, 15) is 9.59 Å². The predicted molar refractivity (Wildman–Crippen MR) is 93.3 cm³/mol. The summed E-state index contributed by atoms with van der Waals surface area (Å²) in [6.45, 7) is 7.10. The molecule has 0 amide bonds. The normalized spacial score (nSPS) is 19.1. The van der Waals surface area contributed by atoms with Gasteiger partial charge in [-0.3, -0.25) is 9.59 Å². The smallest absolute Gasteiger partial charge is 0.480 e. The molecular weight excluding hydrogens is 340 g/mol. The topological polar surface area (TPSA) is 71.1 Å². The maximum Gasteiger partial charge on any atom is 0.576 e. The van der Waals surface area contributed by atoms with Crippen LogP contribution >= 0.6 is 0 Å². The Kier molecular flexibility index (Phi) is 6.61. The first-order valence-corrected chi connectivity index (χ1v) is 9.84. The third kappa shape index (κ3) is 5.57. The van der Waals surface area contributed by atoms with Gasteiger partial charge in [-0.2, -0.15) is 0 Å². The van der Waals surface area contributed by atoms with Crippen LogP contribution in [0.25, 0.3) is 0 Å². The van der Waals surface area contributed by atoms with E-state index < -0.39 is 27.0 Å². The fourth-order valence-electron chi connectivity index (χ4n) is 2.63. The monoisotopic (exact) mass is 365 g/mol. The molecule has 1 radical (unpaired) electrons. The minimum absolute atomic E-state index is 0.404. The molecule has 0 fully saturated rings. The minimum atomic E-state index is -2.21. The molecule has 0 saturated heterocycles. The number of carbonyl (C=O) groups is 2. The molecule has 1 heterocycles. The standard InChI is InChI=1S/C18H25O6Si/c1-5-6-7-10-18(4)21-12-15-11-16(8-9-17(15)22-18)25(23-13(2)19)24-14(3)20/h8-9,11H,5-7,10,12H2,1-4H3. The van der Waals surface area contributed by atoms with Crippen molar-refractivity contribution in [2.45, 2.75) is 65.8 Å². The summed E-state index contributed by atoms with van der Waals surface area (Å²) in [4.78, 5) is 22.5. The second-order valence-electron chi connectivity index (χ2n) is 6.28. The van der Waals surface area contributed by atoms with Crippen LogP contribution in [0.5, 0.6) is 5.75 Å². The van der Waals surface area contributed by atoms with E-state index in [2.05, 4.69) is 6.92 Å². The summed E-state index contributed by atoms with van der Waals surface area (Å²) in [5.41, 5.74) is 0.854. The van der Waals surface area contributed by atoms with Gasteiger partial charge in [0.05, 0.1) is 6.61 Å². The van der Waals surface area contributed by atoms with E-state index >= 15 is 0 Å². The summed E-state index contributed by atoms with van der Waals surface area (Å²) in [5.74, 6) is -0.836. The van der Waals surface area contributed by atoms with Crippen LogP contribution in [0.4, 0.5) is 0 Å². The number of benzene rings is 1. The molecule has 0 bridgehead atoms. The van der Waals surface area contributed by atoms with Gasteiger partial charge in [0.1, 0.15) is 5.75 Å². The minimum Gasteiger partial charge on any atom is -0.480 e. The van der Waals surface area contributed by atoms with Gasteiger partial charge in [0, 0.05) is 37.9 Å². The van der Waals surface area contributed by atoms with Crippen LogP contribution in [0.3, 0.4) is 0 Å². The maximum absolute atomic E-state index is 11.3. The van der Waals surface area contributed by atoms with Crippen molar-refractivity contribution in [3.05, 3.63) is 23.8 Å². The van der Waals surface area contributed by atoms with E-state index in [1.807, 2.05) is 19.1 Å². The first-order valence-electron chi connectivity index (χ1n) is 8.53. The molecule has 1 aromatic carbocycles. The number of unbranched alkanes of at least 4 members (excludes halogenated alkanes) is 2. The number of hydrogen-bond donors (Lipinski definition) is 0. The van der Waals surface area contributed by atoms with Crippen LogP contribution in [0, 0.1) is 0 Å². The molecule has 0 aliphatic carbocycles. The van der Waals surface area contributed by atoms with Crippen LogP contribution in [-0.4, -0.2) is 27.0 Å². The molecule has 1 aliphatic heterocycles. The number of ether oxygens (including phenoxy) is 2. The summed E-state index contributed by atoms with van der Waals surface area (Å²) in [6.07, 6.45) is 4.17. The van der Waals surface area contributed by atoms with Crippen molar-refractivity contribution >= 4 is 26.4 Å². The van der Waals surface area contributed by atoms with E-state index in [0.29, 0.717) is 11.8 Å². The molecule has 1 aliphatic rings. The molecule has 0 N–H and O–H groups in total. The molecule has 6 nitrogen and oxygen atoms in total. The fourth-order valence-corrected chi connectivity index (χ4v) is 3.94. The van der Waals surface area contributed by atoms with Crippen LogP contribution in [0.15, 0.2) is 18.2 Å². The van der Waals surface area contributed by atoms with E-state index in [0.717, 1.165) is 37.0 Å². The van der Waals surface area contributed by atoms with E-state index in [1.165, 1.54) is 13.8 Å². The zero-order valence-corrected chi connectivity index (χ0v) is 16.2. The SMILES string of the molecule is CCCCCC1(C)OCc2cc([Si](OC(C)=O)OC(C)=O)ccc2O1. The van der Waals surface area contributed by atoms with Crippen LogP contribution in [0.1, 0.15) is 58.9 Å². The average molecular weight is 365 g/mol. The summed E-state index contributed by atoms with van der Waals surface area (Å²) in [7, 11) is -2.21. The highest BCUT2D eigenvalue weighted by Crippen LogP contribution is 2.33. The highest BCUT2D eigenvalue weighted by atomic mass is 28.3. The number of rotatable bonds is 7. The summed E-state index contributed by atoms with van der Waals surface area (Å²) >= 11 is 0. The largest absolute Gasteiger partial charge is 0.576 e. The van der Waals surface area contributed by atoms with E-state index in [4.69, 9.17) is 18.3 Å². The Balaban J connectivity index is 2.14. The number of hydrogen-bond acceptors (Lipinski definition) is 6. The van der Waals surface area contributed by atoms with Crippen LogP contribution in [0.2, 0.25) is 0 Å². The lowest BCUT2D eigenvalue weighted by atomic mass is 10.1. The van der Waals surface area contributed by atoms with Gasteiger partial charge in [0.25, 0.3) is 11.9 Å². The Morgan fingerprint density at radius 3 is 2.48 bits per heavy atom. The maximum atomic E-state index is 11.3. The first kappa shape index (κ1) is 19.5. The van der Waals surface area contributed by atoms with Crippen molar-refractivity contribution in [1.29, 1.82) is 0 Å². The quantitative estimate of drug-likeness (QED) is 0.546. The lowest BCUT2D eigenvalue weighted by Gasteiger charge is -2.36. The summed E-state index contributed by atoms with van der Waals surface area (Å²) < 4.78 is 22.3. The highest BCUT2D eigenvalue weighted by molar-refractivity contribution is 6.64. The molecule has 0 saturated carbocycles. The van der Waals surface area contributed by atoms with Crippen molar-refractivity contribution in [3.8, 4) is 5.75 Å². The van der Waals surface area contributed by atoms with Crippen molar-refractivity contribution in [3.63, 3.8) is 0 Å². The molecule has 1 aromatic rings. The van der Waals surface area contributed by atoms with Gasteiger partial charge in [0.2, 0.25) is 5.79 Å². The predicted octanol–water partition coefficient (Wildman–Crippen LogP) is 2.71. The fraction of sp³-hybridized carbons (Fsp3) is 0.556. The van der Waals surface area contributed by atoms with Gasteiger partial charge >= 0.3 is 9.28 Å². The molecule has 0 aromatic heterocycles. The molecule has 25 heavy (non-hydrogen) atoms. The first-order chi connectivity index (χ1) is 11.8. The molecular formula is C18H25O6Si. The molecule has 2 rings (SSSR count). The van der Waals surface area contributed by atoms with Crippen molar-refractivity contribution < 1.29 is 27.9 Å². The number of fused-ring (bicyclic) bond motifs is 1. The molecule has 0 spiro atoms. The van der Waals surface area contributed by atoms with Gasteiger partial charge in [0.15, 0.2) is 0 Å². The van der Waals surface area contributed by atoms with E-state index in [-0.39, 0.29) is 0 Å². The van der Waals surface area contributed by atoms with Crippen molar-refractivity contribution in [1.82, 2.24) is 0 Å². The van der Waals surface area contributed by atoms with Crippen molar-refractivity contribution in [2.24, 2.45) is 0 Å². The second-order valence-corrected chi connectivity index (χ2v) is 7.84. The van der Waals surface area contributed by atoms with Crippen molar-refractivity contribution in [2.75, 3.05) is 0 Å². The summed E-state index contributed by atoms with van der Waals surface area (Å²) in [6, 6.07) is 5.42. The van der Waals surface area contributed by atoms with Crippen LogP contribution < -0.4 is 9.92 Å². The number of carbonyl (C=O) groups excluding carboxylic acids is 2. The molecule has 1 unspecified atom stereocenters. The zero-order valence-electron chi connectivity index (χ0n) is 15.2. The third-order valence-electron chi connectivity index (χ3n) is 3.86. The zero-order chi connectivity index (χ0) is 18.4. The lowest BCUT2D eigenvalue weighted by molar-refractivity contribution is -0.198. The molecule has 7 heteroatoms. The average Bonchev–Trinajstić information content (AvgIpc) is 2.53. The van der Waals surface area contributed by atoms with E-state index in [1.54, 1.807) is 6.07 Å².